The Morgan fingerprint density at radius 3 is 2.76 bits per heavy atom. The largest absolute Gasteiger partial charge is 0.397 e. The molecule has 1 aliphatic heterocycles. The number of carbonyl (C=O) groups excluding carboxylic acids is 2. The van der Waals surface area contributed by atoms with Crippen molar-refractivity contribution >= 4 is 45.1 Å². The maximum atomic E-state index is 14.3. The number of hydrogen-bond acceptors (Lipinski definition) is 5. The zero-order valence-corrected chi connectivity index (χ0v) is 14.5. The van der Waals surface area contributed by atoms with E-state index in [-0.39, 0.29) is 23.9 Å². The van der Waals surface area contributed by atoms with Gasteiger partial charge in [0.1, 0.15) is 15.7 Å². The number of carbonyl (C=O) groups is 2. The first-order valence-corrected chi connectivity index (χ1v) is 9.30. The second kappa shape index (κ2) is 6.09. The van der Waals surface area contributed by atoms with E-state index >= 15 is 0 Å². The number of benzene rings is 1. The molecule has 7 heteroatoms. The molecule has 0 fully saturated rings. The lowest BCUT2D eigenvalue weighted by Crippen LogP contribution is -2.23. The third kappa shape index (κ3) is 2.65. The molecule has 1 atom stereocenters. The summed E-state index contributed by atoms with van der Waals surface area (Å²) in [6, 6.07) is 9.88. The van der Waals surface area contributed by atoms with Crippen LogP contribution >= 0.6 is 22.7 Å². The highest BCUT2D eigenvalue weighted by Gasteiger charge is 2.34. The number of nitrogen functional groups attached to an aromatic ring is 1. The van der Waals surface area contributed by atoms with Crippen LogP contribution in [0.4, 0.5) is 15.1 Å². The number of halogens is 1. The van der Waals surface area contributed by atoms with Gasteiger partial charge in [0.05, 0.1) is 10.6 Å². The van der Waals surface area contributed by atoms with Crippen molar-refractivity contribution in [2.45, 2.75) is 12.3 Å². The van der Waals surface area contributed by atoms with Gasteiger partial charge < -0.3 is 11.1 Å². The summed E-state index contributed by atoms with van der Waals surface area (Å²) in [5, 5.41) is 5.12. The minimum absolute atomic E-state index is 0.0987. The van der Waals surface area contributed by atoms with Crippen molar-refractivity contribution in [3.05, 3.63) is 68.5 Å². The average molecular weight is 372 g/mol. The number of nitrogens with two attached hydrogens (primary N) is 1. The normalized spacial score (nSPS) is 16.4. The maximum Gasteiger partial charge on any atom is 0.225 e. The molecule has 0 radical (unpaired) electrons. The summed E-state index contributed by atoms with van der Waals surface area (Å²) in [6.45, 7) is 0. The maximum absolute atomic E-state index is 14.3. The van der Waals surface area contributed by atoms with E-state index in [0.29, 0.717) is 31.6 Å². The number of anilines is 2. The van der Waals surface area contributed by atoms with Gasteiger partial charge in [0.2, 0.25) is 11.7 Å². The number of ketones is 1. The summed E-state index contributed by atoms with van der Waals surface area (Å²) in [5.41, 5.74) is 7.65. The number of hydrogen-bond donors (Lipinski definition) is 2. The fourth-order valence-corrected chi connectivity index (χ4v) is 4.96. The van der Waals surface area contributed by atoms with Crippen LogP contribution in [0.3, 0.4) is 0 Å². The second-order valence-corrected chi connectivity index (χ2v) is 7.69. The molecule has 126 valence electrons. The van der Waals surface area contributed by atoms with E-state index in [4.69, 9.17) is 5.73 Å². The van der Waals surface area contributed by atoms with Gasteiger partial charge in [0.15, 0.2) is 0 Å². The highest BCUT2D eigenvalue weighted by molar-refractivity contribution is 7.20. The molecule has 0 spiro atoms. The Bertz CT molecular complexity index is 979. The molecule has 1 aliphatic rings. The Hall–Kier alpha value is -2.51. The summed E-state index contributed by atoms with van der Waals surface area (Å²) in [5.74, 6) is -1.26. The van der Waals surface area contributed by atoms with Gasteiger partial charge in [-0.3, -0.25) is 9.59 Å². The summed E-state index contributed by atoms with van der Waals surface area (Å²) >= 11 is 2.49. The summed E-state index contributed by atoms with van der Waals surface area (Å²) < 4.78 is 14.3. The van der Waals surface area contributed by atoms with Gasteiger partial charge in [-0.15, -0.1) is 22.7 Å². The topological polar surface area (TPSA) is 72.2 Å². The summed E-state index contributed by atoms with van der Waals surface area (Å²) in [6.07, 6.45) is 0.0987. The minimum atomic E-state index is -0.494. The lowest BCUT2D eigenvalue weighted by molar-refractivity contribution is -0.116. The van der Waals surface area contributed by atoms with E-state index in [2.05, 4.69) is 5.32 Å². The van der Waals surface area contributed by atoms with Crippen LogP contribution in [0.15, 0.2) is 41.8 Å². The van der Waals surface area contributed by atoms with Crippen LogP contribution < -0.4 is 11.1 Å². The number of nitrogens with one attached hydrogen (secondary N) is 1. The fourth-order valence-electron chi connectivity index (χ4n) is 3.07. The van der Waals surface area contributed by atoms with Crippen LogP contribution in [0.25, 0.3) is 0 Å². The molecule has 0 bridgehead atoms. The lowest BCUT2D eigenvalue weighted by Gasteiger charge is -2.24. The monoisotopic (exact) mass is 372 g/mol. The molecule has 0 saturated carbocycles. The van der Waals surface area contributed by atoms with Crippen LogP contribution in [0.2, 0.25) is 0 Å². The molecular weight excluding hydrogens is 359 g/mol. The molecule has 0 aliphatic carbocycles. The first-order valence-electron chi connectivity index (χ1n) is 7.61. The molecule has 4 nitrogen and oxygen atoms in total. The third-order valence-corrected chi connectivity index (χ3v) is 6.21. The highest BCUT2D eigenvalue weighted by Crippen LogP contribution is 2.48. The number of amides is 1. The smallest absolute Gasteiger partial charge is 0.225 e. The van der Waals surface area contributed by atoms with Gasteiger partial charge in [-0.05, 0) is 23.1 Å². The predicted molar refractivity (Wildman–Crippen MR) is 98.0 cm³/mol. The third-order valence-electron chi connectivity index (χ3n) is 4.21. The van der Waals surface area contributed by atoms with Crippen LogP contribution in [0.1, 0.15) is 38.0 Å². The van der Waals surface area contributed by atoms with Crippen LogP contribution in [0.5, 0.6) is 0 Å². The Balaban J connectivity index is 1.85. The quantitative estimate of drug-likeness (QED) is 0.676. The zero-order valence-electron chi connectivity index (χ0n) is 12.9. The molecule has 2 aromatic heterocycles. The van der Waals surface area contributed by atoms with Gasteiger partial charge in [-0.2, -0.15) is 0 Å². The molecule has 3 aromatic rings. The van der Waals surface area contributed by atoms with Gasteiger partial charge in [-0.1, -0.05) is 24.3 Å². The van der Waals surface area contributed by atoms with E-state index in [9.17, 15) is 14.0 Å². The number of fused-ring (bicyclic) bond motifs is 1. The molecule has 0 unspecified atom stereocenters. The molecule has 1 amide bonds. The first kappa shape index (κ1) is 16.0. The molecule has 3 heterocycles. The van der Waals surface area contributed by atoms with Gasteiger partial charge in [-0.25, -0.2) is 4.39 Å². The van der Waals surface area contributed by atoms with Gasteiger partial charge >= 0.3 is 0 Å². The number of thiophene rings is 2. The van der Waals surface area contributed by atoms with Crippen molar-refractivity contribution < 1.29 is 14.0 Å². The van der Waals surface area contributed by atoms with Crippen LogP contribution in [0, 0.1) is 5.82 Å². The highest BCUT2D eigenvalue weighted by atomic mass is 32.1. The minimum Gasteiger partial charge on any atom is -0.397 e. The van der Waals surface area contributed by atoms with E-state index < -0.39 is 5.92 Å². The number of rotatable bonds is 3. The lowest BCUT2D eigenvalue weighted by atomic mass is 9.86. The first-order chi connectivity index (χ1) is 12.1. The molecule has 25 heavy (non-hydrogen) atoms. The van der Waals surface area contributed by atoms with Crippen molar-refractivity contribution in [2.75, 3.05) is 11.1 Å². The van der Waals surface area contributed by atoms with E-state index in [1.165, 1.54) is 17.4 Å². The fraction of sp³-hybridized carbons (Fsp3) is 0.111. The van der Waals surface area contributed by atoms with Gasteiger partial charge in [0, 0.05) is 17.9 Å². The van der Waals surface area contributed by atoms with Crippen LogP contribution in [-0.2, 0) is 4.79 Å². The summed E-state index contributed by atoms with van der Waals surface area (Å²) in [4.78, 5) is 25.7. The van der Waals surface area contributed by atoms with E-state index in [0.717, 1.165) is 11.3 Å². The Morgan fingerprint density at radius 2 is 2.04 bits per heavy atom. The predicted octanol–water partition coefficient (Wildman–Crippen LogP) is 4.24. The SMILES string of the molecule is Nc1c(C(=O)c2cccs2)sc2c1[C@H](c1ccccc1F)CC(=O)N2. The van der Waals surface area contributed by atoms with Crippen LogP contribution in [-0.4, -0.2) is 11.7 Å². The van der Waals surface area contributed by atoms with E-state index in [1.807, 2.05) is 5.38 Å². The Morgan fingerprint density at radius 1 is 1.24 bits per heavy atom. The second-order valence-electron chi connectivity index (χ2n) is 5.72. The van der Waals surface area contributed by atoms with Crippen molar-refractivity contribution in [3.63, 3.8) is 0 Å². The average Bonchev–Trinajstić information content (AvgIpc) is 3.23. The summed E-state index contributed by atoms with van der Waals surface area (Å²) in [7, 11) is 0. The molecule has 1 aromatic carbocycles. The van der Waals surface area contributed by atoms with Crippen molar-refractivity contribution in [3.8, 4) is 0 Å². The molecule has 3 N–H and O–H groups in total. The molecule has 4 rings (SSSR count). The standard InChI is InChI=1S/C18H13FN2O2S2/c19-11-5-2-1-4-9(11)10-8-13(22)21-18-14(10)15(20)17(25-18)16(23)12-6-3-7-24-12/h1-7,10H,8,20H2,(H,21,22)/t10-/m0/s1. The molecular formula is C18H13FN2O2S2. The Kier molecular flexibility index (Phi) is 3.89. The van der Waals surface area contributed by atoms with Crippen molar-refractivity contribution in [2.24, 2.45) is 0 Å². The molecule has 0 saturated heterocycles. The van der Waals surface area contributed by atoms with Crippen molar-refractivity contribution in [1.82, 2.24) is 0 Å². The zero-order chi connectivity index (χ0) is 17.6. The van der Waals surface area contributed by atoms with Crippen molar-refractivity contribution in [1.29, 1.82) is 0 Å². The van der Waals surface area contributed by atoms with Gasteiger partial charge in [0.25, 0.3) is 0 Å². The Labute approximate surface area is 151 Å². The van der Waals surface area contributed by atoms with E-state index in [1.54, 1.807) is 30.3 Å².